The van der Waals surface area contributed by atoms with E-state index in [0.717, 1.165) is 32.5 Å². The Morgan fingerprint density at radius 1 is 1.50 bits per heavy atom. The zero-order valence-electron chi connectivity index (χ0n) is 10.5. The first-order valence-electron chi connectivity index (χ1n) is 6.76. The van der Waals surface area contributed by atoms with Crippen LogP contribution in [0.3, 0.4) is 0 Å². The van der Waals surface area contributed by atoms with E-state index in [9.17, 15) is 4.79 Å². The smallest absolute Gasteiger partial charge is 0.276 e. The van der Waals surface area contributed by atoms with Crippen LogP contribution < -0.4 is 5.32 Å². The molecule has 2 aliphatic rings. The van der Waals surface area contributed by atoms with Crippen molar-refractivity contribution in [3.05, 3.63) is 18.0 Å². The molecular formula is C13H19N3O2. The predicted molar refractivity (Wildman–Crippen MR) is 66.2 cm³/mol. The maximum absolute atomic E-state index is 12.3. The highest BCUT2D eigenvalue weighted by Gasteiger charge is 2.35. The lowest BCUT2D eigenvalue weighted by Crippen LogP contribution is -2.42. The number of nitrogens with zero attached hydrogens (tertiary/aromatic N) is 2. The molecule has 2 fully saturated rings. The van der Waals surface area contributed by atoms with Crippen LogP contribution in [0.4, 0.5) is 0 Å². The van der Waals surface area contributed by atoms with Gasteiger partial charge >= 0.3 is 0 Å². The van der Waals surface area contributed by atoms with Gasteiger partial charge in [-0.15, -0.1) is 0 Å². The van der Waals surface area contributed by atoms with Gasteiger partial charge in [-0.2, -0.15) is 0 Å². The highest BCUT2D eigenvalue weighted by molar-refractivity contribution is 5.92. The van der Waals surface area contributed by atoms with Crippen molar-refractivity contribution in [3.8, 4) is 0 Å². The molecule has 1 N–H and O–H groups in total. The number of amides is 1. The number of carbonyl (C=O) groups excluding carboxylic acids is 1. The average molecular weight is 249 g/mol. The molecular weight excluding hydrogens is 230 g/mol. The molecule has 1 aromatic rings. The molecule has 0 aromatic carbocycles. The van der Waals surface area contributed by atoms with Crippen LogP contribution >= 0.6 is 0 Å². The summed E-state index contributed by atoms with van der Waals surface area (Å²) in [5, 5.41) is 7.16. The van der Waals surface area contributed by atoms with E-state index in [0.29, 0.717) is 17.7 Å². The Kier molecular flexibility index (Phi) is 3.32. The van der Waals surface area contributed by atoms with E-state index in [1.54, 1.807) is 6.07 Å². The predicted octanol–water partition coefficient (Wildman–Crippen LogP) is 1.28. The number of hydrogen-bond acceptors (Lipinski definition) is 4. The van der Waals surface area contributed by atoms with E-state index in [4.69, 9.17) is 4.52 Å². The van der Waals surface area contributed by atoms with Crippen molar-refractivity contribution < 1.29 is 9.32 Å². The molecule has 0 radical (unpaired) electrons. The third kappa shape index (κ3) is 2.56. The van der Waals surface area contributed by atoms with E-state index < -0.39 is 0 Å². The minimum absolute atomic E-state index is 0.0248. The summed E-state index contributed by atoms with van der Waals surface area (Å²) in [5.41, 5.74) is 0.436. The van der Waals surface area contributed by atoms with E-state index in [-0.39, 0.29) is 5.91 Å². The third-order valence-electron chi connectivity index (χ3n) is 3.76. The minimum atomic E-state index is 0.0248. The summed E-state index contributed by atoms with van der Waals surface area (Å²) in [6.45, 7) is 2.98. The number of hydrogen-bond donors (Lipinski definition) is 1. The van der Waals surface area contributed by atoms with Gasteiger partial charge in [0, 0.05) is 18.7 Å². The SMILES string of the molecule is O=C(c1ccon1)N(CC1CCCNC1)C1CC1. The molecule has 1 unspecified atom stereocenters. The highest BCUT2D eigenvalue weighted by Crippen LogP contribution is 2.29. The Morgan fingerprint density at radius 2 is 2.39 bits per heavy atom. The summed E-state index contributed by atoms with van der Waals surface area (Å²) in [6.07, 6.45) is 6.14. The standard InChI is InChI=1S/C13H19N3O2/c17-13(12-5-7-18-15-12)16(11-3-4-11)9-10-2-1-6-14-8-10/h5,7,10-11,14H,1-4,6,8-9H2. The quantitative estimate of drug-likeness (QED) is 0.873. The number of aromatic nitrogens is 1. The van der Waals surface area contributed by atoms with Crippen molar-refractivity contribution in [3.63, 3.8) is 0 Å². The highest BCUT2D eigenvalue weighted by atomic mass is 16.5. The van der Waals surface area contributed by atoms with Gasteiger partial charge in [0.15, 0.2) is 5.69 Å². The van der Waals surface area contributed by atoms with E-state index in [1.165, 1.54) is 19.1 Å². The zero-order valence-corrected chi connectivity index (χ0v) is 10.5. The fourth-order valence-electron chi connectivity index (χ4n) is 2.61. The van der Waals surface area contributed by atoms with Crippen molar-refractivity contribution in [1.29, 1.82) is 0 Å². The summed E-state index contributed by atoms with van der Waals surface area (Å²) < 4.78 is 4.77. The molecule has 1 saturated heterocycles. The largest absolute Gasteiger partial charge is 0.364 e. The molecule has 5 heteroatoms. The summed E-state index contributed by atoms with van der Waals surface area (Å²) in [7, 11) is 0. The second-order valence-electron chi connectivity index (χ2n) is 5.29. The van der Waals surface area contributed by atoms with Crippen LogP contribution in [0.2, 0.25) is 0 Å². The van der Waals surface area contributed by atoms with Gasteiger partial charge in [-0.3, -0.25) is 4.79 Å². The first-order valence-corrected chi connectivity index (χ1v) is 6.76. The molecule has 1 amide bonds. The third-order valence-corrected chi connectivity index (χ3v) is 3.76. The molecule has 18 heavy (non-hydrogen) atoms. The van der Waals surface area contributed by atoms with Gasteiger partial charge in [-0.25, -0.2) is 0 Å². The van der Waals surface area contributed by atoms with Crippen LogP contribution in [0.15, 0.2) is 16.9 Å². The van der Waals surface area contributed by atoms with Crippen LogP contribution in [-0.2, 0) is 0 Å². The lowest BCUT2D eigenvalue weighted by atomic mass is 9.99. The molecule has 0 bridgehead atoms. The van der Waals surface area contributed by atoms with Crippen molar-refractivity contribution in [2.24, 2.45) is 5.92 Å². The number of nitrogens with one attached hydrogen (secondary N) is 1. The van der Waals surface area contributed by atoms with Gasteiger partial charge in [-0.1, -0.05) is 5.16 Å². The van der Waals surface area contributed by atoms with Gasteiger partial charge in [0.05, 0.1) is 0 Å². The lowest BCUT2D eigenvalue weighted by Gasteiger charge is -2.29. The summed E-state index contributed by atoms with van der Waals surface area (Å²) in [5.74, 6) is 0.604. The molecule has 1 aromatic heterocycles. The second kappa shape index (κ2) is 5.10. The summed E-state index contributed by atoms with van der Waals surface area (Å²) in [4.78, 5) is 14.3. The minimum Gasteiger partial charge on any atom is -0.364 e. The summed E-state index contributed by atoms with van der Waals surface area (Å²) in [6, 6.07) is 2.08. The molecule has 1 aliphatic carbocycles. The van der Waals surface area contributed by atoms with Crippen molar-refractivity contribution in [2.45, 2.75) is 31.7 Å². The molecule has 98 valence electrons. The number of rotatable bonds is 4. The molecule has 0 spiro atoms. The maximum Gasteiger partial charge on any atom is 0.276 e. The number of piperidine rings is 1. The maximum atomic E-state index is 12.3. The number of carbonyl (C=O) groups is 1. The van der Waals surface area contributed by atoms with Gasteiger partial charge in [0.2, 0.25) is 0 Å². The first-order chi connectivity index (χ1) is 8.84. The molecule has 3 rings (SSSR count). The van der Waals surface area contributed by atoms with Crippen LogP contribution in [0.5, 0.6) is 0 Å². The van der Waals surface area contributed by atoms with Crippen LogP contribution in [0.25, 0.3) is 0 Å². The normalized spacial score (nSPS) is 23.9. The van der Waals surface area contributed by atoms with E-state index in [2.05, 4.69) is 10.5 Å². The van der Waals surface area contributed by atoms with Crippen molar-refractivity contribution in [2.75, 3.05) is 19.6 Å². The molecule has 1 saturated carbocycles. The van der Waals surface area contributed by atoms with E-state index >= 15 is 0 Å². The fourth-order valence-corrected chi connectivity index (χ4v) is 2.61. The first kappa shape index (κ1) is 11.7. The van der Waals surface area contributed by atoms with Gasteiger partial charge in [0.25, 0.3) is 5.91 Å². The Morgan fingerprint density at radius 3 is 3.00 bits per heavy atom. The van der Waals surface area contributed by atoms with E-state index in [1.807, 2.05) is 4.90 Å². The Hall–Kier alpha value is -1.36. The molecule has 5 nitrogen and oxygen atoms in total. The Labute approximate surface area is 107 Å². The van der Waals surface area contributed by atoms with Crippen LogP contribution in [0.1, 0.15) is 36.2 Å². The van der Waals surface area contributed by atoms with Gasteiger partial charge < -0.3 is 14.7 Å². The molecule has 2 heterocycles. The van der Waals surface area contributed by atoms with Crippen molar-refractivity contribution in [1.82, 2.24) is 15.4 Å². The molecule has 1 aliphatic heterocycles. The van der Waals surface area contributed by atoms with Crippen molar-refractivity contribution >= 4 is 5.91 Å². The molecule has 1 atom stereocenters. The van der Waals surface area contributed by atoms with Crippen LogP contribution in [0, 0.1) is 5.92 Å². The average Bonchev–Trinajstić information content (AvgIpc) is 3.10. The Bertz CT molecular complexity index is 394. The monoisotopic (exact) mass is 249 g/mol. The summed E-state index contributed by atoms with van der Waals surface area (Å²) >= 11 is 0. The zero-order chi connectivity index (χ0) is 12.4. The Balaban J connectivity index is 1.66. The van der Waals surface area contributed by atoms with Gasteiger partial charge in [-0.05, 0) is 44.7 Å². The fraction of sp³-hybridized carbons (Fsp3) is 0.692. The topological polar surface area (TPSA) is 58.4 Å². The van der Waals surface area contributed by atoms with Crippen LogP contribution in [-0.4, -0.2) is 41.6 Å². The second-order valence-corrected chi connectivity index (χ2v) is 5.29. The lowest BCUT2D eigenvalue weighted by molar-refractivity contribution is 0.0693. The van der Waals surface area contributed by atoms with Gasteiger partial charge in [0.1, 0.15) is 6.26 Å².